The highest BCUT2D eigenvalue weighted by Crippen LogP contribution is 2.69. The maximum Gasteiger partial charge on any atom is 0.143 e. The molecule has 2 aliphatic carbocycles. The van der Waals surface area contributed by atoms with E-state index in [4.69, 9.17) is 9.47 Å². The van der Waals surface area contributed by atoms with Gasteiger partial charge in [-0.3, -0.25) is 14.4 Å². The van der Waals surface area contributed by atoms with Gasteiger partial charge in [0.25, 0.3) is 0 Å². The number of hydrogen-bond donors (Lipinski definition) is 0. The number of benzene rings is 1. The summed E-state index contributed by atoms with van der Waals surface area (Å²) >= 11 is 0. The average molecular weight is 469 g/mol. The molecule has 0 aliphatic heterocycles. The van der Waals surface area contributed by atoms with Gasteiger partial charge in [-0.25, -0.2) is 0 Å². The largest absolute Gasteiger partial charge is 0.497 e. The zero-order chi connectivity index (χ0) is 25.5. The van der Waals surface area contributed by atoms with Crippen molar-refractivity contribution in [3.63, 3.8) is 0 Å². The van der Waals surface area contributed by atoms with Crippen molar-refractivity contribution in [3.8, 4) is 11.5 Å². The van der Waals surface area contributed by atoms with E-state index in [9.17, 15) is 14.4 Å². The first-order valence-electron chi connectivity index (χ1n) is 12.2. The molecule has 0 saturated heterocycles. The minimum absolute atomic E-state index is 0.0139. The number of ether oxygens (including phenoxy) is 2. The first-order valence-corrected chi connectivity index (χ1v) is 12.2. The number of rotatable bonds is 8. The lowest BCUT2D eigenvalue weighted by molar-refractivity contribution is -0.132. The van der Waals surface area contributed by atoms with Gasteiger partial charge in [0.2, 0.25) is 0 Å². The second-order valence-corrected chi connectivity index (χ2v) is 11.5. The number of methoxy groups -OCH3 is 2. The van der Waals surface area contributed by atoms with E-state index in [1.54, 1.807) is 14.2 Å². The summed E-state index contributed by atoms with van der Waals surface area (Å²) in [5.74, 6) is 1.68. The maximum absolute atomic E-state index is 13.2. The number of hydrogen-bond acceptors (Lipinski definition) is 5. The lowest BCUT2D eigenvalue weighted by Crippen LogP contribution is -2.44. The number of ketones is 3. The van der Waals surface area contributed by atoms with Crippen LogP contribution < -0.4 is 9.47 Å². The van der Waals surface area contributed by atoms with Gasteiger partial charge in [0.15, 0.2) is 0 Å². The van der Waals surface area contributed by atoms with Gasteiger partial charge < -0.3 is 9.47 Å². The Kier molecular flexibility index (Phi) is 7.17. The van der Waals surface area contributed by atoms with Crippen molar-refractivity contribution >= 4 is 17.3 Å². The fourth-order valence-corrected chi connectivity index (χ4v) is 6.63. The third kappa shape index (κ3) is 4.46. The topological polar surface area (TPSA) is 69.7 Å². The van der Waals surface area contributed by atoms with Gasteiger partial charge >= 0.3 is 0 Å². The third-order valence-electron chi connectivity index (χ3n) is 9.09. The van der Waals surface area contributed by atoms with Crippen LogP contribution in [-0.2, 0) is 20.8 Å². The number of carbonyl (C=O) groups is 3. The lowest BCUT2D eigenvalue weighted by Gasteiger charge is -2.48. The Bertz CT molecular complexity index is 1030. The molecule has 0 amide bonds. The van der Waals surface area contributed by atoms with Gasteiger partial charge in [-0.05, 0) is 60.6 Å². The summed E-state index contributed by atoms with van der Waals surface area (Å²) in [6.07, 6.45) is 4.57. The van der Waals surface area contributed by atoms with Crippen molar-refractivity contribution in [2.45, 2.75) is 80.1 Å². The second kappa shape index (κ2) is 9.31. The van der Waals surface area contributed by atoms with Crippen molar-refractivity contribution in [1.82, 2.24) is 0 Å². The van der Waals surface area contributed by atoms with E-state index >= 15 is 0 Å². The van der Waals surface area contributed by atoms with Crippen LogP contribution in [0, 0.1) is 29.1 Å². The Balaban J connectivity index is 1.76. The molecule has 0 unspecified atom stereocenters. The van der Waals surface area contributed by atoms with E-state index in [2.05, 4.69) is 33.8 Å². The van der Waals surface area contributed by atoms with Crippen LogP contribution in [0.4, 0.5) is 0 Å². The molecule has 5 heteroatoms. The van der Waals surface area contributed by atoms with E-state index in [0.29, 0.717) is 32.1 Å². The smallest absolute Gasteiger partial charge is 0.143 e. The van der Waals surface area contributed by atoms with Crippen LogP contribution in [-0.4, -0.2) is 31.6 Å². The molecule has 0 heterocycles. The van der Waals surface area contributed by atoms with Gasteiger partial charge in [0, 0.05) is 30.7 Å². The van der Waals surface area contributed by atoms with E-state index in [1.807, 2.05) is 26.0 Å². The molecule has 1 aromatic carbocycles. The van der Waals surface area contributed by atoms with Crippen LogP contribution in [0.1, 0.15) is 77.8 Å². The fourth-order valence-electron chi connectivity index (χ4n) is 6.63. The quantitative estimate of drug-likeness (QED) is 0.354. The Morgan fingerprint density at radius 3 is 2.41 bits per heavy atom. The summed E-state index contributed by atoms with van der Waals surface area (Å²) < 4.78 is 11.0. The molecule has 186 valence electrons. The first-order chi connectivity index (χ1) is 15.8. The Labute approximate surface area is 204 Å². The van der Waals surface area contributed by atoms with Gasteiger partial charge in [-0.2, -0.15) is 0 Å². The van der Waals surface area contributed by atoms with Crippen LogP contribution in [0.3, 0.4) is 0 Å². The van der Waals surface area contributed by atoms with Crippen LogP contribution in [0.2, 0.25) is 0 Å². The average Bonchev–Trinajstić information content (AvgIpc) is 2.84. The summed E-state index contributed by atoms with van der Waals surface area (Å²) in [5.41, 5.74) is 1.97. The van der Waals surface area contributed by atoms with Crippen LogP contribution in [0.25, 0.3) is 0 Å². The van der Waals surface area contributed by atoms with E-state index in [1.165, 1.54) is 0 Å². The zero-order valence-electron chi connectivity index (χ0n) is 22.1. The molecule has 5 nitrogen and oxygen atoms in total. The van der Waals surface area contributed by atoms with Gasteiger partial charge in [-0.1, -0.05) is 39.3 Å². The number of aryl methyl sites for hydroxylation is 1. The predicted molar refractivity (Wildman–Crippen MR) is 133 cm³/mol. The molecule has 0 radical (unpaired) electrons. The van der Waals surface area contributed by atoms with Crippen molar-refractivity contribution in [2.24, 2.45) is 22.2 Å². The van der Waals surface area contributed by atoms with Crippen LogP contribution >= 0.6 is 0 Å². The monoisotopic (exact) mass is 468 g/mol. The van der Waals surface area contributed by atoms with Crippen molar-refractivity contribution in [1.29, 1.82) is 0 Å². The van der Waals surface area contributed by atoms with Gasteiger partial charge in [0.1, 0.15) is 28.8 Å². The van der Waals surface area contributed by atoms with Crippen molar-refractivity contribution in [3.05, 3.63) is 34.9 Å². The molecule has 34 heavy (non-hydrogen) atoms. The van der Waals surface area contributed by atoms with E-state index in [-0.39, 0.29) is 45.9 Å². The molecule has 2 aliphatic rings. The number of carbonyl (C=O) groups excluding carboxylic acids is 3. The molecule has 0 N–H and O–H groups in total. The molecular weight excluding hydrogens is 428 g/mol. The molecule has 0 spiro atoms. The molecule has 3 rings (SSSR count). The summed E-state index contributed by atoms with van der Waals surface area (Å²) in [7, 11) is 3.31. The molecule has 2 fully saturated rings. The molecule has 2 bridgehead atoms. The summed E-state index contributed by atoms with van der Waals surface area (Å²) in [6, 6.07) is 3.91. The molecule has 3 atom stereocenters. The normalized spacial score (nSPS) is 28.6. The van der Waals surface area contributed by atoms with Crippen LogP contribution in [0.15, 0.2) is 23.8 Å². The van der Waals surface area contributed by atoms with E-state index < -0.39 is 0 Å². The molecule has 2 saturated carbocycles. The lowest BCUT2D eigenvalue weighted by atomic mass is 9.55. The maximum atomic E-state index is 13.2. The number of allylic oxidation sites excluding steroid dienone is 2. The van der Waals surface area contributed by atoms with Crippen molar-refractivity contribution < 1.29 is 23.9 Å². The SMILES string of the molecule is COc1cc(C)c(OC)c(C/C=C(\C)CC(=O)C[C@]2(C)C[C@H]3C(=O)CC(=O)C[C@]2(C)C3(C)C)c1. The molecular formula is C29H40O5. The summed E-state index contributed by atoms with van der Waals surface area (Å²) in [6.45, 7) is 12.4. The minimum Gasteiger partial charge on any atom is -0.497 e. The standard InChI is InChI=1S/C29H40O5/c1-18(9-10-20-13-23(33-7)12-19(2)26(20)34-8)11-21(30)15-28(5)17-24-25(32)14-22(31)16-29(28,6)27(24,3)4/h9,12-13,24H,10-11,14-17H2,1-8H3/b18-9+/t24-,28+,29+/m0/s1. The highest BCUT2D eigenvalue weighted by Gasteiger charge is 2.66. The highest BCUT2D eigenvalue weighted by molar-refractivity contribution is 6.02. The summed E-state index contributed by atoms with van der Waals surface area (Å²) in [4.78, 5) is 38.6. The molecule has 1 aromatic rings. The Hall–Kier alpha value is -2.43. The number of Topliss-reactive ketones (excluding diaryl/α,β-unsaturated/α-hetero) is 3. The first kappa shape index (κ1) is 26.2. The predicted octanol–water partition coefficient (Wildman–Crippen LogP) is 5.84. The molecule has 0 aromatic heterocycles. The fraction of sp³-hybridized carbons (Fsp3) is 0.621. The van der Waals surface area contributed by atoms with Gasteiger partial charge in [0.05, 0.1) is 20.6 Å². The van der Waals surface area contributed by atoms with Crippen molar-refractivity contribution in [2.75, 3.05) is 14.2 Å². The van der Waals surface area contributed by atoms with E-state index in [0.717, 1.165) is 28.2 Å². The Morgan fingerprint density at radius 2 is 1.79 bits per heavy atom. The minimum atomic E-state index is -0.382. The number of fused-ring (bicyclic) bond motifs is 2. The third-order valence-corrected chi connectivity index (χ3v) is 9.09. The zero-order valence-corrected chi connectivity index (χ0v) is 22.1. The van der Waals surface area contributed by atoms with Crippen LogP contribution in [0.5, 0.6) is 11.5 Å². The second-order valence-electron chi connectivity index (χ2n) is 11.5. The Morgan fingerprint density at radius 1 is 1.12 bits per heavy atom. The van der Waals surface area contributed by atoms with Gasteiger partial charge in [-0.15, -0.1) is 0 Å². The highest BCUT2D eigenvalue weighted by atomic mass is 16.5. The summed E-state index contributed by atoms with van der Waals surface area (Å²) in [5, 5.41) is 0.